The molecule has 0 bridgehead atoms. The van der Waals surface area contributed by atoms with Crippen LogP contribution in [0.3, 0.4) is 0 Å². The lowest BCUT2D eigenvalue weighted by molar-refractivity contribution is 0.660. The molecular weight excluding hydrogens is 785 g/mol. The van der Waals surface area contributed by atoms with Gasteiger partial charge in [-0.3, -0.25) is 0 Å². The van der Waals surface area contributed by atoms with Gasteiger partial charge in [-0.1, -0.05) is 197 Å². The summed E-state index contributed by atoms with van der Waals surface area (Å²) in [5, 5.41) is 0. The summed E-state index contributed by atoms with van der Waals surface area (Å²) >= 11 is 0. The normalized spacial score (nSPS) is 12.5. The molecule has 0 amide bonds. The second-order valence-electron chi connectivity index (χ2n) is 17.1. The Labute approximate surface area is 384 Å². The van der Waals surface area contributed by atoms with E-state index in [1.165, 1.54) is 33.4 Å². The summed E-state index contributed by atoms with van der Waals surface area (Å²) in [5.41, 5.74) is 20.9. The molecule has 2 nitrogen and oxygen atoms in total. The highest BCUT2D eigenvalue weighted by Crippen LogP contribution is 2.51. The summed E-state index contributed by atoms with van der Waals surface area (Å²) in [4.78, 5) is 4.72. The van der Waals surface area contributed by atoms with E-state index >= 15 is 0 Å². The largest absolute Gasteiger partial charge is 0.310 e. The number of fused-ring (bicyclic) bond motifs is 3. The molecule has 0 spiro atoms. The third-order valence-electron chi connectivity index (χ3n) is 12.8. The number of para-hydroxylation sites is 1. The minimum Gasteiger partial charge on any atom is -0.310 e. The fourth-order valence-electron chi connectivity index (χ4n) is 9.52. The van der Waals surface area contributed by atoms with Crippen LogP contribution >= 0.6 is 0 Å². The smallest absolute Gasteiger partial charge is 0.0468 e. The zero-order chi connectivity index (χ0) is 44.3. The Kier molecular flexibility index (Phi) is 11.0. The second kappa shape index (κ2) is 17.5. The highest BCUT2D eigenvalue weighted by molar-refractivity contribution is 5.91. The molecule has 2 heteroatoms. The fraction of sp³-hybridized carbons (Fsp3) is 0.0476. The Morgan fingerprint density at radius 2 is 0.800 bits per heavy atom. The first-order valence-corrected chi connectivity index (χ1v) is 22.3. The predicted octanol–water partition coefficient (Wildman–Crippen LogP) is 17.7. The summed E-state index contributed by atoms with van der Waals surface area (Å²) < 4.78 is 0. The summed E-state index contributed by atoms with van der Waals surface area (Å²) in [7, 11) is 0. The van der Waals surface area contributed by atoms with E-state index in [1.54, 1.807) is 6.08 Å². The SMILES string of the molecule is C=C/C=C(\C=C)c1ccc(N(c2ccc(-c3ccccc3)cc2)c2ccc(-c3ccc(N(c4ccccc4)c4ccc5c(c4)C(C)(C)c4ccccc4-5)cc3)c(-c3ccccc3)c2)cc1. The molecule has 0 N–H and O–H groups in total. The average Bonchev–Trinajstić information content (AvgIpc) is 3.60. The third-order valence-corrected chi connectivity index (χ3v) is 12.8. The van der Waals surface area contributed by atoms with Crippen LogP contribution in [0.1, 0.15) is 30.5 Å². The van der Waals surface area contributed by atoms with Gasteiger partial charge in [-0.25, -0.2) is 0 Å². The Morgan fingerprint density at radius 3 is 1.40 bits per heavy atom. The molecule has 0 saturated carbocycles. The van der Waals surface area contributed by atoms with Crippen molar-refractivity contribution in [3.63, 3.8) is 0 Å². The van der Waals surface area contributed by atoms with E-state index in [-0.39, 0.29) is 5.41 Å². The van der Waals surface area contributed by atoms with Crippen LogP contribution in [0.15, 0.2) is 256 Å². The molecule has 0 aliphatic heterocycles. The first-order valence-electron chi connectivity index (χ1n) is 22.3. The van der Waals surface area contributed by atoms with Gasteiger partial charge in [0.1, 0.15) is 0 Å². The van der Waals surface area contributed by atoms with Gasteiger partial charge in [-0.2, -0.15) is 0 Å². The maximum Gasteiger partial charge on any atom is 0.0468 e. The minimum absolute atomic E-state index is 0.101. The molecule has 0 heterocycles. The molecule has 65 heavy (non-hydrogen) atoms. The predicted molar refractivity (Wildman–Crippen MR) is 278 cm³/mol. The van der Waals surface area contributed by atoms with Gasteiger partial charge in [-0.05, 0) is 140 Å². The second-order valence-corrected chi connectivity index (χ2v) is 17.1. The summed E-state index contributed by atoms with van der Waals surface area (Å²) in [5.74, 6) is 0. The molecule has 312 valence electrons. The van der Waals surface area contributed by atoms with Gasteiger partial charge >= 0.3 is 0 Å². The minimum atomic E-state index is -0.101. The van der Waals surface area contributed by atoms with Crippen molar-refractivity contribution in [3.8, 4) is 44.5 Å². The standard InChI is InChI=1S/C63H50N2/c1-5-18-45(6-2)47-27-33-52(34-28-47)65(53-35-29-48(30-36-53)46-19-10-7-11-20-46)55-39-41-57(60(43-55)49-21-12-8-13-22-49)50-31-37-54(38-32-50)64(51-23-14-9-15-24-51)56-40-42-59-58-25-16-17-26-61(58)63(3,4)62(59)44-56/h5-44H,1-2H2,3-4H3/b45-18+. The number of benzene rings is 9. The highest BCUT2D eigenvalue weighted by Gasteiger charge is 2.35. The Morgan fingerprint density at radius 1 is 0.369 bits per heavy atom. The maximum atomic E-state index is 4.05. The van der Waals surface area contributed by atoms with Crippen molar-refractivity contribution < 1.29 is 0 Å². The van der Waals surface area contributed by atoms with Gasteiger partial charge in [0.25, 0.3) is 0 Å². The van der Waals surface area contributed by atoms with Gasteiger partial charge < -0.3 is 9.80 Å². The van der Waals surface area contributed by atoms with Crippen LogP contribution in [0, 0.1) is 0 Å². The van der Waals surface area contributed by atoms with Gasteiger partial charge in [0.05, 0.1) is 0 Å². The van der Waals surface area contributed by atoms with E-state index in [9.17, 15) is 0 Å². The van der Waals surface area contributed by atoms with E-state index in [0.29, 0.717) is 0 Å². The molecule has 0 aromatic heterocycles. The monoisotopic (exact) mass is 834 g/mol. The van der Waals surface area contributed by atoms with Crippen molar-refractivity contribution in [2.45, 2.75) is 19.3 Å². The van der Waals surface area contributed by atoms with E-state index in [2.05, 4.69) is 261 Å². The third kappa shape index (κ3) is 7.81. The number of nitrogens with zero attached hydrogens (tertiary/aromatic N) is 2. The average molecular weight is 835 g/mol. The lowest BCUT2D eigenvalue weighted by Gasteiger charge is -2.28. The lowest BCUT2D eigenvalue weighted by atomic mass is 9.82. The molecule has 0 fully saturated rings. The van der Waals surface area contributed by atoms with E-state index in [1.807, 2.05) is 12.2 Å². The van der Waals surface area contributed by atoms with Crippen molar-refractivity contribution in [1.29, 1.82) is 0 Å². The fourth-order valence-corrected chi connectivity index (χ4v) is 9.52. The van der Waals surface area contributed by atoms with Crippen molar-refractivity contribution in [2.75, 3.05) is 9.80 Å². The Bertz CT molecular complexity index is 3160. The van der Waals surface area contributed by atoms with Crippen LogP contribution in [0.5, 0.6) is 0 Å². The van der Waals surface area contributed by atoms with E-state index in [4.69, 9.17) is 0 Å². The highest BCUT2D eigenvalue weighted by atomic mass is 15.1. The zero-order valence-electron chi connectivity index (χ0n) is 36.9. The van der Waals surface area contributed by atoms with E-state index < -0.39 is 0 Å². The molecular formula is C63H50N2. The van der Waals surface area contributed by atoms with Crippen molar-refractivity contribution >= 4 is 39.7 Å². The number of rotatable bonds is 12. The molecule has 0 atom stereocenters. The van der Waals surface area contributed by atoms with Crippen LogP contribution in [-0.4, -0.2) is 0 Å². The Balaban J connectivity index is 1.06. The molecule has 9 aromatic carbocycles. The Hall–Kier alpha value is -8.20. The van der Waals surface area contributed by atoms with E-state index in [0.717, 1.165) is 67.5 Å². The molecule has 1 aliphatic rings. The molecule has 9 aromatic rings. The van der Waals surface area contributed by atoms with Crippen molar-refractivity contribution in [2.24, 2.45) is 0 Å². The lowest BCUT2D eigenvalue weighted by Crippen LogP contribution is -2.16. The molecule has 1 aliphatic carbocycles. The number of hydrogen-bond acceptors (Lipinski definition) is 2. The molecule has 0 radical (unpaired) electrons. The molecule has 0 saturated heterocycles. The summed E-state index contributed by atoms with van der Waals surface area (Å²) in [6.07, 6.45) is 5.67. The molecule has 10 rings (SSSR count). The quantitative estimate of drug-likeness (QED) is 0.113. The maximum absolute atomic E-state index is 4.05. The van der Waals surface area contributed by atoms with Crippen LogP contribution < -0.4 is 9.80 Å². The van der Waals surface area contributed by atoms with Crippen LogP contribution in [-0.2, 0) is 5.41 Å². The number of anilines is 6. The summed E-state index contributed by atoms with van der Waals surface area (Å²) in [6.45, 7) is 12.7. The molecule has 0 unspecified atom stereocenters. The van der Waals surface area contributed by atoms with Gasteiger partial charge in [0.15, 0.2) is 0 Å². The van der Waals surface area contributed by atoms with Crippen LogP contribution in [0.25, 0.3) is 50.1 Å². The number of hydrogen-bond donors (Lipinski definition) is 0. The zero-order valence-corrected chi connectivity index (χ0v) is 36.9. The van der Waals surface area contributed by atoms with Gasteiger partial charge in [0.2, 0.25) is 0 Å². The van der Waals surface area contributed by atoms with Crippen molar-refractivity contribution in [1.82, 2.24) is 0 Å². The van der Waals surface area contributed by atoms with Crippen LogP contribution in [0.2, 0.25) is 0 Å². The van der Waals surface area contributed by atoms with Crippen LogP contribution in [0.4, 0.5) is 34.1 Å². The topological polar surface area (TPSA) is 6.48 Å². The first kappa shape index (κ1) is 40.8. The first-order chi connectivity index (χ1) is 31.9. The number of allylic oxidation sites excluding steroid dienone is 4. The summed E-state index contributed by atoms with van der Waals surface area (Å²) in [6, 6.07) is 81.3. The van der Waals surface area contributed by atoms with Gasteiger partial charge in [-0.15, -0.1) is 0 Å². The van der Waals surface area contributed by atoms with Crippen molar-refractivity contribution in [3.05, 3.63) is 273 Å². The van der Waals surface area contributed by atoms with Gasteiger partial charge in [0, 0.05) is 39.5 Å².